The number of nitrogens with zero attached hydrogens (tertiary/aromatic N) is 2. The quantitative estimate of drug-likeness (QED) is 0.579. The van der Waals surface area contributed by atoms with Crippen LogP contribution in [0, 0.1) is 13.8 Å². The first-order valence-electron chi connectivity index (χ1n) is 7.94. The van der Waals surface area contributed by atoms with Gasteiger partial charge in [0.05, 0.1) is 22.3 Å². The van der Waals surface area contributed by atoms with Gasteiger partial charge in [-0.25, -0.2) is 4.98 Å². The zero-order chi connectivity index (χ0) is 18.0. The van der Waals surface area contributed by atoms with Crippen molar-refractivity contribution >= 4 is 28.6 Å². The second kappa shape index (κ2) is 7.11. The third-order valence-corrected chi connectivity index (χ3v) is 4.90. The molecule has 128 valence electrons. The van der Waals surface area contributed by atoms with Crippen molar-refractivity contribution < 1.29 is 4.79 Å². The highest BCUT2D eigenvalue weighted by Crippen LogP contribution is 2.23. The Morgan fingerprint density at radius 1 is 1.20 bits per heavy atom. The lowest BCUT2D eigenvalue weighted by atomic mass is 10.1. The van der Waals surface area contributed by atoms with Crippen LogP contribution < -0.4 is 10.9 Å². The Kier molecular flexibility index (Phi) is 4.90. The third kappa shape index (κ3) is 3.44. The molecule has 0 bridgehead atoms. The zero-order valence-electron chi connectivity index (χ0n) is 14.4. The van der Waals surface area contributed by atoms with Gasteiger partial charge in [0, 0.05) is 7.05 Å². The Morgan fingerprint density at radius 2 is 1.96 bits per heavy atom. The van der Waals surface area contributed by atoms with E-state index in [2.05, 4.69) is 10.3 Å². The molecule has 5 nitrogen and oxygen atoms in total. The summed E-state index contributed by atoms with van der Waals surface area (Å²) in [6.07, 6.45) is 0. The maximum Gasteiger partial charge on any atom is 0.266 e. The number of carbonyl (C=O) groups excluding carboxylic acids is 1. The van der Waals surface area contributed by atoms with Gasteiger partial charge in [-0.15, -0.1) is 0 Å². The van der Waals surface area contributed by atoms with Crippen LogP contribution in [0.25, 0.3) is 16.6 Å². The van der Waals surface area contributed by atoms with Crippen molar-refractivity contribution in [3.8, 4) is 5.69 Å². The van der Waals surface area contributed by atoms with Crippen molar-refractivity contribution in [1.82, 2.24) is 14.9 Å². The van der Waals surface area contributed by atoms with E-state index in [4.69, 9.17) is 0 Å². The van der Waals surface area contributed by atoms with Gasteiger partial charge in [0.15, 0.2) is 5.16 Å². The number of benzene rings is 2. The number of para-hydroxylation sites is 1. The third-order valence-electron chi connectivity index (χ3n) is 3.96. The molecule has 0 saturated heterocycles. The summed E-state index contributed by atoms with van der Waals surface area (Å²) in [7, 11) is 1.59. The molecule has 1 amide bonds. The normalized spacial score (nSPS) is 10.8. The van der Waals surface area contributed by atoms with Crippen molar-refractivity contribution in [3.05, 3.63) is 63.9 Å². The lowest BCUT2D eigenvalue weighted by Gasteiger charge is -2.15. The highest BCUT2D eigenvalue weighted by atomic mass is 32.2. The second-order valence-corrected chi connectivity index (χ2v) is 6.75. The average Bonchev–Trinajstić information content (AvgIpc) is 2.62. The molecule has 1 heterocycles. The number of thioether (sulfide) groups is 1. The first-order chi connectivity index (χ1) is 12.0. The Balaban J connectivity index is 2.26. The molecule has 0 atom stereocenters. The molecule has 0 unspecified atom stereocenters. The number of nitrogens with one attached hydrogen (secondary N) is 1. The van der Waals surface area contributed by atoms with Crippen molar-refractivity contribution in [1.29, 1.82) is 0 Å². The Bertz CT molecular complexity index is 1010. The molecule has 3 rings (SSSR count). The SMILES string of the molecule is CNC(=O)CSc1nc2ccccc2c(=O)n1-c1cc(C)ccc1C. The molecule has 0 saturated carbocycles. The van der Waals surface area contributed by atoms with Crippen molar-refractivity contribution in [2.24, 2.45) is 0 Å². The van der Waals surface area contributed by atoms with E-state index in [1.165, 1.54) is 11.8 Å². The fourth-order valence-corrected chi connectivity index (χ4v) is 3.46. The monoisotopic (exact) mass is 353 g/mol. The summed E-state index contributed by atoms with van der Waals surface area (Å²) in [5.74, 6) is 0.0894. The molecule has 1 N–H and O–H groups in total. The van der Waals surface area contributed by atoms with E-state index in [0.717, 1.165) is 16.8 Å². The first-order valence-corrected chi connectivity index (χ1v) is 8.92. The van der Waals surface area contributed by atoms with Crippen LogP contribution >= 0.6 is 11.8 Å². The molecule has 6 heteroatoms. The van der Waals surface area contributed by atoms with Gasteiger partial charge in [-0.05, 0) is 43.2 Å². The number of amides is 1. The molecular formula is C19H19N3O2S. The fraction of sp³-hybridized carbons (Fsp3) is 0.211. The van der Waals surface area contributed by atoms with Crippen LogP contribution in [0.1, 0.15) is 11.1 Å². The van der Waals surface area contributed by atoms with Crippen LogP contribution in [-0.4, -0.2) is 28.3 Å². The summed E-state index contributed by atoms with van der Waals surface area (Å²) in [5, 5.41) is 3.67. The predicted octanol–water partition coefficient (Wildman–Crippen LogP) is 2.84. The number of rotatable bonds is 4. The summed E-state index contributed by atoms with van der Waals surface area (Å²) in [6, 6.07) is 13.2. The van der Waals surface area contributed by atoms with E-state index in [-0.39, 0.29) is 17.2 Å². The van der Waals surface area contributed by atoms with Gasteiger partial charge < -0.3 is 5.32 Å². The summed E-state index contributed by atoms with van der Waals surface area (Å²) >= 11 is 1.26. The highest BCUT2D eigenvalue weighted by molar-refractivity contribution is 7.99. The first kappa shape index (κ1) is 17.2. The molecule has 0 radical (unpaired) electrons. The maximum atomic E-state index is 13.1. The Hall–Kier alpha value is -2.60. The number of aryl methyl sites for hydroxylation is 2. The number of aromatic nitrogens is 2. The topological polar surface area (TPSA) is 64.0 Å². The van der Waals surface area contributed by atoms with Crippen molar-refractivity contribution in [2.75, 3.05) is 12.8 Å². The van der Waals surface area contributed by atoms with E-state index >= 15 is 0 Å². The van der Waals surface area contributed by atoms with Crippen LogP contribution in [0.2, 0.25) is 0 Å². The fourth-order valence-electron chi connectivity index (χ4n) is 2.58. The van der Waals surface area contributed by atoms with Crippen LogP contribution in [0.5, 0.6) is 0 Å². The van der Waals surface area contributed by atoms with Gasteiger partial charge in [0.1, 0.15) is 0 Å². The molecule has 0 aliphatic heterocycles. The number of hydrogen-bond acceptors (Lipinski definition) is 4. The molecular weight excluding hydrogens is 334 g/mol. The van der Waals surface area contributed by atoms with Crippen molar-refractivity contribution in [2.45, 2.75) is 19.0 Å². The molecule has 0 spiro atoms. The molecule has 2 aromatic carbocycles. The molecule has 3 aromatic rings. The average molecular weight is 353 g/mol. The lowest BCUT2D eigenvalue weighted by molar-refractivity contribution is -0.118. The molecule has 25 heavy (non-hydrogen) atoms. The number of hydrogen-bond donors (Lipinski definition) is 1. The maximum absolute atomic E-state index is 13.1. The van der Waals surface area contributed by atoms with Gasteiger partial charge in [0.25, 0.3) is 5.56 Å². The Morgan fingerprint density at radius 3 is 2.72 bits per heavy atom. The van der Waals surface area contributed by atoms with Gasteiger partial charge in [-0.3, -0.25) is 14.2 Å². The highest BCUT2D eigenvalue weighted by Gasteiger charge is 2.15. The van der Waals surface area contributed by atoms with Crippen molar-refractivity contribution in [3.63, 3.8) is 0 Å². The van der Waals surface area contributed by atoms with E-state index in [1.54, 1.807) is 17.7 Å². The van der Waals surface area contributed by atoms with Crippen LogP contribution in [0.4, 0.5) is 0 Å². The largest absolute Gasteiger partial charge is 0.358 e. The smallest absolute Gasteiger partial charge is 0.266 e. The van der Waals surface area contributed by atoms with Gasteiger partial charge in [0.2, 0.25) is 5.91 Å². The Labute approximate surface area is 150 Å². The van der Waals surface area contributed by atoms with E-state index in [1.807, 2.05) is 50.2 Å². The summed E-state index contributed by atoms with van der Waals surface area (Å²) in [6.45, 7) is 3.95. The standard InChI is InChI=1S/C19H19N3O2S/c1-12-8-9-13(2)16(10-12)22-18(24)14-6-4-5-7-15(14)21-19(22)25-11-17(23)20-3/h4-10H,11H2,1-3H3,(H,20,23). The summed E-state index contributed by atoms with van der Waals surface area (Å²) < 4.78 is 1.61. The van der Waals surface area contributed by atoms with Crippen LogP contribution in [-0.2, 0) is 4.79 Å². The molecule has 0 fully saturated rings. The predicted molar refractivity (Wildman–Crippen MR) is 102 cm³/mol. The van der Waals surface area contributed by atoms with E-state index < -0.39 is 0 Å². The van der Waals surface area contributed by atoms with E-state index in [9.17, 15) is 9.59 Å². The van der Waals surface area contributed by atoms with Crippen LogP contribution in [0.3, 0.4) is 0 Å². The number of carbonyl (C=O) groups is 1. The zero-order valence-corrected chi connectivity index (χ0v) is 15.2. The minimum Gasteiger partial charge on any atom is -0.358 e. The van der Waals surface area contributed by atoms with Crippen LogP contribution in [0.15, 0.2) is 52.4 Å². The lowest BCUT2D eigenvalue weighted by Crippen LogP contribution is -2.24. The minimum atomic E-state index is -0.126. The van der Waals surface area contributed by atoms with Gasteiger partial charge in [-0.1, -0.05) is 36.0 Å². The number of fused-ring (bicyclic) bond motifs is 1. The van der Waals surface area contributed by atoms with Gasteiger partial charge >= 0.3 is 0 Å². The second-order valence-electron chi connectivity index (χ2n) is 5.80. The molecule has 0 aliphatic rings. The summed E-state index contributed by atoms with van der Waals surface area (Å²) in [5.41, 5.74) is 3.34. The van der Waals surface area contributed by atoms with Gasteiger partial charge in [-0.2, -0.15) is 0 Å². The molecule has 0 aliphatic carbocycles. The minimum absolute atomic E-state index is 0.111. The molecule has 1 aromatic heterocycles. The van der Waals surface area contributed by atoms with E-state index in [0.29, 0.717) is 16.1 Å². The summed E-state index contributed by atoms with van der Waals surface area (Å²) in [4.78, 5) is 29.4.